The Morgan fingerprint density at radius 2 is 2.13 bits per heavy atom. The number of hydrogen-bond acceptors (Lipinski definition) is 2. The van der Waals surface area contributed by atoms with Gasteiger partial charge < -0.3 is 9.84 Å². The van der Waals surface area contributed by atoms with Gasteiger partial charge in [0.1, 0.15) is 5.75 Å². The maximum absolute atomic E-state index is 9.08. The van der Waals surface area contributed by atoms with Crippen LogP contribution >= 0.6 is 11.6 Å². The minimum Gasteiger partial charge on any atom is -0.491 e. The fourth-order valence-corrected chi connectivity index (χ4v) is 1.48. The molecule has 83 valence electrons. The molecular weight excluding hydrogens is 212 g/mol. The molecule has 1 rings (SSSR count). The van der Waals surface area contributed by atoms with E-state index in [2.05, 4.69) is 6.92 Å². The van der Waals surface area contributed by atoms with Gasteiger partial charge in [-0.3, -0.25) is 0 Å². The molecule has 0 fully saturated rings. The Kier molecular flexibility index (Phi) is 4.43. The summed E-state index contributed by atoms with van der Waals surface area (Å²) in [7, 11) is 0. The van der Waals surface area contributed by atoms with E-state index in [0.717, 1.165) is 11.3 Å². The standard InChI is InChI=1S/C12H16ClO2/c1-8(2)15-12-5-4-10(13)6-11(12)9(3)7-14/h4-6,8-9,14H,3,7H2,1-2H3. The second-order valence-corrected chi connectivity index (χ2v) is 4.16. The first-order valence-electron chi connectivity index (χ1n) is 4.94. The summed E-state index contributed by atoms with van der Waals surface area (Å²) in [6.45, 7) is 7.74. The van der Waals surface area contributed by atoms with Gasteiger partial charge in [0.25, 0.3) is 0 Å². The normalized spacial score (nSPS) is 12.9. The quantitative estimate of drug-likeness (QED) is 0.857. The maximum Gasteiger partial charge on any atom is 0.123 e. The largest absolute Gasteiger partial charge is 0.491 e. The molecule has 0 amide bonds. The Bertz CT molecular complexity index is 323. The van der Waals surface area contributed by atoms with Gasteiger partial charge in [-0.2, -0.15) is 0 Å². The van der Waals surface area contributed by atoms with Gasteiger partial charge in [-0.05, 0) is 39.0 Å². The smallest absolute Gasteiger partial charge is 0.123 e. The van der Waals surface area contributed by atoms with Crippen molar-refractivity contribution in [1.82, 2.24) is 0 Å². The third kappa shape index (κ3) is 3.40. The van der Waals surface area contributed by atoms with E-state index < -0.39 is 0 Å². The molecule has 1 N–H and O–H groups in total. The zero-order chi connectivity index (χ0) is 11.4. The summed E-state index contributed by atoms with van der Waals surface area (Å²) in [5, 5.41) is 9.70. The number of halogens is 1. The fraction of sp³-hybridized carbons (Fsp3) is 0.417. The molecule has 0 aliphatic heterocycles. The molecule has 0 aromatic heterocycles. The van der Waals surface area contributed by atoms with Crippen LogP contribution in [0.5, 0.6) is 5.75 Å². The highest BCUT2D eigenvalue weighted by molar-refractivity contribution is 6.30. The predicted octanol–water partition coefficient (Wildman–Crippen LogP) is 3.04. The maximum atomic E-state index is 9.08. The molecular formula is C12H16ClO2. The van der Waals surface area contributed by atoms with Crippen molar-refractivity contribution >= 4 is 11.6 Å². The third-order valence-corrected chi connectivity index (χ3v) is 2.23. The lowest BCUT2D eigenvalue weighted by Crippen LogP contribution is -2.10. The van der Waals surface area contributed by atoms with Crippen molar-refractivity contribution in [2.75, 3.05) is 6.61 Å². The van der Waals surface area contributed by atoms with Crippen molar-refractivity contribution in [3.05, 3.63) is 35.7 Å². The molecule has 1 atom stereocenters. The summed E-state index contributed by atoms with van der Waals surface area (Å²) in [5.41, 5.74) is 0.846. The molecule has 0 aliphatic carbocycles. The van der Waals surface area contributed by atoms with Crippen molar-refractivity contribution in [1.29, 1.82) is 0 Å². The van der Waals surface area contributed by atoms with Gasteiger partial charge in [-0.15, -0.1) is 0 Å². The number of hydrogen-bond donors (Lipinski definition) is 1. The van der Waals surface area contributed by atoms with Crippen LogP contribution in [0.2, 0.25) is 5.02 Å². The van der Waals surface area contributed by atoms with Gasteiger partial charge in [-0.25, -0.2) is 0 Å². The Balaban J connectivity index is 3.02. The molecule has 0 spiro atoms. The second-order valence-electron chi connectivity index (χ2n) is 3.73. The summed E-state index contributed by atoms with van der Waals surface area (Å²) in [6, 6.07) is 5.37. The highest BCUT2D eigenvalue weighted by Crippen LogP contribution is 2.29. The van der Waals surface area contributed by atoms with Gasteiger partial charge >= 0.3 is 0 Å². The first kappa shape index (κ1) is 12.3. The molecule has 2 nitrogen and oxygen atoms in total. The van der Waals surface area contributed by atoms with Crippen LogP contribution in [0.3, 0.4) is 0 Å². The number of rotatable bonds is 4. The van der Waals surface area contributed by atoms with Crippen molar-refractivity contribution in [2.45, 2.75) is 25.9 Å². The van der Waals surface area contributed by atoms with Crippen LogP contribution < -0.4 is 4.74 Å². The minimum absolute atomic E-state index is 0.0191. The molecule has 1 aromatic carbocycles. The molecule has 15 heavy (non-hydrogen) atoms. The van der Waals surface area contributed by atoms with Crippen LogP contribution in [0, 0.1) is 6.92 Å². The number of aliphatic hydroxyl groups is 1. The van der Waals surface area contributed by atoms with Gasteiger partial charge in [0.05, 0.1) is 12.7 Å². The minimum atomic E-state index is -0.211. The topological polar surface area (TPSA) is 29.5 Å². The zero-order valence-electron chi connectivity index (χ0n) is 9.03. The van der Waals surface area contributed by atoms with Crippen LogP contribution in [0.15, 0.2) is 18.2 Å². The van der Waals surface area contributed by atoms with Crippen LogP contribution in [-0.2, 0) is 0 Å². The lowest BCUT2D eigenvalue weighted by Gasteiger charge is -2.17. The van der Waals surface area contributed by atoms with Gasteiger partial charge in [0.2, 0.25) is 0 Å². The monoisotopic (exact) mass is 227 g/mol. The highest BCUT2D eigenvalue weighted by atomic mass is 35.5. The molecule has 3 heteroatoms. The average Bonchev–Trinajstić information content (AvgIpc) is 2.19. The van der Waals surface area contributed by atoms with E-state index in [-0.39, 0.29) is 18.6 Å². The van der Waals surface area contributed by atoms with Gasteiger partial charge in [-0.1, -0.05) is 11.6 Å². The third-order valence-electron chi connectivity index (χ3n) is 1.99. The van der Waals surface area contributed by atoms with Crippen molar-refractivity contribution in [2.24, 2.45) is 0 Å². The lowest BCUT2D eigenvalue weighted by molar-refractivity contribution is 0.233. The van der Waals surface area contributed by atoms with Crippen LogP contribution in [0.1, 0.15) is 25.3 Å². The first-order chi connectivity index (χ1) is 7.04. The summed E-state index contributed by atoms with van der Waals surface area (Å²) in [6.07, 6.45) is 0.0934. The Morgan fingerprint density at radius 3 is 2.67 bits per heavy atom. The van der Waals surface area contributed by atoms with Gasteiger partial charge in [0, 0.05) is 16.5 Å². The van der Waals surface area contributed by atoms with E-state index in [9.17, 15) is 0 Å². The van der Waals surface area contributed by atoms with E-state index in [4.69, 9.17) is 21.4 Å². The molecule has 1 unspecified atom stereocenters. The van der Waals surface area contributed by atoms with E-state index in [1.165, 1.54) is 0 Å². The molecule has 0 saturated heterocycles. The van der Waals surface area contributed by atoms with Crippen molar-refractivity contribution in [3.63, 3.8) is 0 Å². The summed E-state index contributed by atoms with van der Waals surface area (Å²) in [4.78, 5) is 0. The Morgan fingerprint density at radius 1 is 1.47 bits per heavy atom. The second kappa shape index (κ2) is 5.38. The number of aliphatic hydroxyl groups excluding tert-OH is 1. The average molecular weight is 228 g/mol. The molecule has 0 aliphatic rings. The zero-order valence-corrected chi connectivity index (χ0v) is 9.79. The fourth-order valence-electron chi connectivity index (χ4n) is 1.30. The van der Waals surface area contributed by atoms with E-state index in [1.54, 1.807) is 12.1 Å². The van der Waals surface area contributed by atoms with Crippen molar-refractivity contribution < 1.29 is 9.84 Å². The molecule has 1 aromatic rings. The summed E-state index contributed by atoms with van der Waals surface area (Å²) < 4.78 is 5.61. The van der Waals surface area contributed by atoms with E-state index in [1.807, 2.05) is 19.9 Å². The Labute approximate surface area is 95.8 Å². The van der Waals surface area contributed by atoms with Crippen LogP contribution in [-0.4, -0.2) is 17.8 Å². The van der Waals surface area contributed by atoms with E-state index >= 15 is 0 Å². The molecule has 0 saturated carbocycles. The SMILES string of the molecule is [CH2]C(CO)c1cc(Cl)ccc1OC(C)C. The van der Waals surface area contributed by atoms with Crippen LogP contribution in [0.25, 0.3) is 0 Å². The summed E-state index contributed by atoms with van der Waals surface area (Å²) >= 11 is 5.89. The Hall–Kier alpha value is -0.730. The molecule has 0 bridgehead atoms. The number of ether oxygens (including phenoxy) is 1. The highest BCUT2D eigenvalue weighted by Gasteiger charge is 2.12. The van der Waals surface area contributed by atoms with E-state index in [0.29, 0.717) is 5.02 Å². The predicted molar refractivity (Wildman–Crippen MR) is 62.4 cm³/mol. The summed E-state index contributed by atoms with van der Waals surface area (Å²) in [5.74, 6) is 0.529. The lowest BCUT2D eigenvalue weighted by atomic mass is 10.0. The number of benzene rings is 1. The molecule has 0 heterocycles. The molecule has 1 radical (unpaired) electrons. The first-order valence-corrected chi connectivity index (χ1v) is 5.32. The van der Waals surface area contributed by atoms with Crippen LogP contribution in [0.4, 0.5) is 0 Å². The van der Waals surface area contributed by atoms with Gasteiger partial charge in [0.15, 0.2) is 0 Å². The van der Waals surface area contributed by atoms with Crippen molar-refractivity contribution in [3.8, 4) is 5.75 Å².